The van der Waals surface area contributed by atoms with E-state index in [-0.39, 0.29) is 17.6 Å². The molecule has 4 nitrogen and oxygen atoms in total. The van der Waals surface area contributed by atoms with Gasteiger partial charge in [-0.1, -0.05) is 6.08 Å². The number of nitrogens with zero attached hydrogens (tertiary/aromatic N) is 1. The highest BCUT2D eigenvalue weighted by molar-refractivity contribution is 7.94. The van der Waals surface area contributed by atoms with Gasteiger partial charge in [0, 0.05) is 24.4 Å². The Morgan fingerprint density at radius 1 is 1.46 bits per heavy atom. The SMILES string of the molecule is O=C1CCN(C2C=CS(=O)(=O)C2)C1. The number of rotatable bonds is 1. The van der Waals surface area contributed by atoms with E-state index in [1.54, 1.807) is 6.08 Å². The van der Waals surface area contributed by atoms with Crippen LogP contribution in [0.5, 0.6) is 0 Å². The first-order valence-electron chi connectivity index (χ1n) is 4.23. The molecule has 5 heteroatoms. The van der Waals surface area contributed by atoms with Gasteiger partial charge in [-0.15, -0.1) is 0 Å². The Kier molecular flexibility index (Phi) is 2.00. The van der Waals surface area contributed by atoms with Crippen LogP contribution in [-0.4, -0.2) is 44.0 Å². The highest BCUT2D eigenvalue weighted by Gasteiger charge is 2.31. The van der Waals surface area contributed by atoms with Crippen LogP contribution in [0.1, 0.15) is 6.42 Å². The van der Waals surface area contributed by atoms with Gasteiger partial charge in [-0.25, -0.2) is 8.42 Å². The van der Waals surface area contributed by atoms with Gasteiger partial charge in [0.1, 0.15) is 5.78 Å². The van der Waals surface area contributed by atoms with E-state index in [0.717, 1.165) is 0 Å². The molecule has 0 aromatic rings. The smallest absolute Gasteiger partial charge is 0.173 e. The maximum atomic E-state index is 11.1. The van der Waals surface area contributed by atoms with Crippen molar-refractivity contribution in [1.29, 1.82) is 0 Å². The van der Waals surface area contributed by atoms with Crippen molar-refractivity contribution >= 4 is 15.6 Å². The fraction of sp³-hybridized carbons (Fsp3) is 0.625. The molecule has 0 aliphatic carbocycles. The number of Topliss-reactive ketones (excluding diaryl/α,β-unsaturated/α-hetero) is 1. The van der Waals surface area contributed by atoms with Crippen molar-refractivity contribution < 1.29 is 13.2 Å². The van der Waals surface area contributed by atoms with Crippen molar-refractivity contribution in [2.45, 2.75) is 12.5 Å². The lowest BCUT2D eigenvalue weighted by atomic mass is 10.3. The van der Waals surface area contributed by atoms with E-state index in [0.29, 0.717) is 19.5 Å². The summed E-state index contributed by atoms with van der Waals surface area (Å²) >= 11 is 0. The van der Waals surface area contributed by atoms with Crippen LogP contribution in [0.2, 0.25) is 0 Å². The molecule has 0 radical (unpaired) electrons. The Hall–Kier alpha value is -0.680. The summed E-state index contributed by atoms with van der Waals surface area (Å²) in [6, 6.07) is -0.0727. The second kappa shape index (κ2) is 2.92. The van der Waals surface area contributed by atoms with E-state index in [9.17, 15) is 13.2 Å². The van der Waals surface area contributed by atoms with Gasteiger partial charge in [0.05, 0.1) is 12.3 Å². The lowest BCUT2D eigenvalue weighted by molar-refractivity contribution is -0.117. The van der Waals surface area contributed by atoms with Gasteiger partial charge >= 0.3 is 0 Å². The van der Waals surface area contributed by atoms with Crippen LogP contribution in [0, 0.1) is 0 Å². The van der Waals surface area contributed by atoms with Crippen LogP contribution in [0.3, 0.4) is 0 Å². The molecule has 1 fully saturated rings. The highest BCUT2D eigenvalue weighted by Crippen LogP contribution is 2.17. The minimum Gasteiger partial charge on any atom is -0.298 e. The molecule has 1 saturated heterocycles. The average molecular weight is 201 g/mol. The number of hydrogen-bond donors (Lipinski definition) is 0. The number of carbonyl (C=O) groups excluding carboxylic acids is 1. The third-order valence-electron chi connectivity index (χ3n) is 2.44. The molecule has 1 atom stereocenters. The Labute approximate surface area is 77.1 Å². The summed E-state index contributed by atoms with van der Waals surface area (Å²) in [4.78, 5) is 12.9. The second-order valence-corrected chi connectivity index (χ2v) is 5.42. The Morgan fingerprint density at radius 3 is 2.69 bits per heavy atom. The van der Waals surface area contributed by atoms with E-state index >= 15 is 0 Å². The van der Waals surface area contributed by atoms with E-state index in [4.69, 9.17) is 0 Å². The summed E-state index contributed by atoms with van der Waals surface area (Å²) < 4.78 is 22.2. The average Bonchev–Trinajstić information content (AvgIpc) is 2.56. The topological polar surface area (TPSA) is 54.5 Å². The van der Waals surface area contributed by atoms with Crippen molar-refractivity contribution in [2.75, 3.05) is 18.8 Å². The van der Waals surface area contributed by atoms with Crippen LogP contribution in [-0.2, 0) is 14.6 Å². The lowest BCUT2D eigenvalue weighted by Crippen LogP contribution is -2.34. The van der Waals surface area contributed by atoms with Crippen molar-refractivity contribution in [3.05, 3.63) is 11.5 Å². The quantitative estimate of drug-likeness (QED) is 0.578. The largest absolute Gasteiger partial charge is 0.298 e. The molecule has 0 aromatic carbocycles. The number of hydrogen-bond acceptors (Lipinski definition) is 4. The third-order valence-corrected chi connectivity index (χ3v) is 3.82. The molecule has 2 rings (SSSR count). The normalized spacial score (nSPS) is 32.9. The Morgan fingerprint density at radius 2 is 2.23 bits per heavy atom. The molecule has 72 valence electrons. The van der Waals surface area contributed by atoms with E-state index in [2.05, 4.69) is 0 Å². The summed E-state index contributed by atoms with van der Waals surface area (Å²) in [7, 11) is -2.98. The van der Waals surface area contributed by atoms with Gasteiger partial charge in [-0.3, -0.25) is 9.69 Å². The van der Waals surface area contributed by atoms with Crippen LogP contribution in [0.25, 0.3) is 0 Å². The zero-order chi connectivity index (χ0) is 9.47. The molecule has 0 bridgehead atoms. The van der Waals surface area contributed by atoms with Crippen LogP contribution in [0.4, 0.5) is 0 Å². The first-order valence-corrected chi connectivity index (χ1v) is 5.95. The van der Waals surface area contributed by atoms with Crippen molar-refractivity contribution in [3.63, 3.8) is 0 Å². The number of ketones is 1. The molecule has 2 heterocycles. The van der Waals surface area contributed by atoms with Gasteiger partial charge in [0.2, 0.25) is 0 Å². The first-order chi connectivity index (χ1) is 6.07. The number of carbonyl (C=O) groups is 1. The lowest BCUT2D eigenvalue weighted by Gasteiger charge is -2.19. The van der Waals surface area contributed by atoms with Gasteiger partial charge in [0.15, 0.2) is 9.84 Å². The fourth-order valence-electron chi connectivity index (χ4n) is 1.72. The highest BCUT2D eigenvalue weighted by atomic mass is 32.2. The summed E-state index contributed by atoms with van der Waals surface area (Å²) in [5, 5.41) is 1.25. The molecule has 2 aliphatic heterocycles. The summed E-state index contributed by atoms with van der Waals surface area (Å²) in [6.45, 7) is 1.11. The molecule has 2 aliphatic rings. The monoisotopic (exact) mass is 201 g/mol. The molecule has 0 amide bonds. The Bertz CT molecular complexity index is 358. The first kappa shape index (κ1) is 8.90. The van der Waals surface area contributed by atoms with E-state index < -0.39 is 9.84 Å². The zero-order valence-electron chi connectivity index (χ0n) is 7.14. The minimum absolute atomic E-state index is 0.0727. The minimum atomic E-state index is -2.98. The fourth-order valence-corrected chi connectivity index (χ4v) is 3.05. The second-order valence-electron chi connectivity index (χ2n) is 3.48. The van der Waals surface area contributed by atoms with Gasteiger partial charge in [-0.2, -0.15) is 0 Å². The van der Waals surface area contributed by atoms with Gasteiger partial charge < -0.3 is 0 Å². The maximum Gasteiger partial charge on any atom is 0.173 e. The Balaban J connectivity index is 2.06. The van der Waals surface area contributed by atoms with Gasteiger partial charge in [-0.05, 0) is 0 Å². The van der Waals surface area contributed by atoms with Crippen molar-refractivity contribution in [3.8, 4) is 0 Å². The summed E-state index contributed by atoms with van der Waals surface area (Å²) in [6.07, 6.45) is 2.23. The third kappa shape index (κ3) is 1.81. The number of sulfone groups is 1. The van der Waals surface area contributed by atoms with Crippen LogP contribution >= 0.6 is 0 Å². The molecular formula is C8H11NO3S. The predicted octanol–water partition coefficient (Wildman–Crippen LogP) is -0.428. The molecule has 1 unspecified atom stereocenters. The van der Waals surface area contributed by atoms with Crippen LogP contribution < -0.4 is 0 Å². The maximum absolute atomic E-state index is 11.1. The molecule has 13 heavy (non-hydrogen) atoms. The van der Waals surface area contributed by atoms with Gasteiger partial charge in [0.25, 0.3) is 0 Å². The molecule has 0 saturated carbocycles. The van der Waals surface area contributed by atoms with Crippen molar-refractivity contribution in [1.82, 2.24) is 4.90 Å². The van der Waals surface area contributed by atoms with Crippen LogP contribution in [0.15, 0.2) is 11.5 Å². The zero-order valence-corrected chi connectivity index (χ0v) is 7.96. The summed E-state index contributed by atoms with van der Waals surface area (Å²) in [5.41, 5.74) is 0. The molecule has 0 spiro atoms. The summed E-state index contributed by atoms with van der Waals surface area (Å²) in [5.74, 6) is 0.345. The van der Waals surface area contributed by atoms with E-state index in [1.807, 2.05) is 4.90 Å². The number of likely N-dealkylation sites (tertiary alicyclic amines) is 1. The standard InChI is InChI=1S/C8H11NO3S/c10-8-1-3-9(5-8)7-2-4-13(11,12)6-7/h2,4,7H,1,3,5-6H2. The van der Waals surface area contributed by atoms with E-state index in [1.165, 1.54) is 5.41 Å². The molecule has 0 N–H and O–H groups in total. The molecule has 0 aromatic heterocycles. The predicted molar refractivity (Wildman–Crippen MR) is 47.9 cm³/mol. The molecular weight excluding hydrogens is 190 g/mol. The van der Waals surface area contributed by atoms with Crippen molar-refractivity contribution in [2.24, 2.45) is 0 Å².